The number of hydrogen-bond acceptors (Lipinski definition) is 6. The quantitative estimate of drug-likeness (QED) is 0.899. The molecule has 0 bridgehead atoms. The molecule has 1 fully saturated rings. The van der Waals surface area contributed by atoms with E-state index >= 15 is 0 Å². The van der Waals surface area contributed by atoms with Crippen LogP contribution in [0.25, 0.3) is 10.7 Å². The molecule has 0 spiro atoms. The van der Waals surface area contributed by atoms with Gasteiger partial charge in [0.1, 0.15) is 5.69 Å². The van der Waals surface area contributed by atoms with Crippen LogP contribution in [-0.4, -0.2) is 52.4 Å². The summed E-state index contributed by atoms with van der Waals surface area (Å²) in [4.78, 5) is 18.5. The molecule has 1 N–H and O–H groups in total. The maximum Gasteiger partial charge on any atom is 0.323 e. The van der Waals surface area contributed by atoms with Crippen LogP contribution in [0.5, 0.6) is 0 Å². The molecule has 2 aromatic heterocycles. The molecule has 7 nitrogen and oxygen atoms in total. The number of amides is 2. The lowest BCUT2D eigenvalue weighted by Crippen LogP contribution is -2.43. The zero-order valence-electron chi connectivity index (χ0n) is 13.6. The fourth-order valence-electron chi connectivity index (χ4n) is 2.71. The number of pyridine rings is 1. The smallest absolute Gasteiger partial charge is 0.323 e. The zero-order valence-corrected chi connectivity index (χ0v) is 14.5. The third kappa shape index (κ3) is 4.27. The molecule has 0 saturated carbocycles. The highest BCUT2D eigenvalue weighted by Crippen LogP contribution is 2.25. The van der Waals surface area contributed by atoms with Crippen molar-refractivity contribution < 1.29 is 9.53 Å². The molecule has 1 atom stereocenters. The van der Waals surface area contributed by atoms with Crippen molar-refractivity contribution in [3.8, 4) is 10.7 Å². The first-order chi connectivity index (χ1) is 11.8. The van der Waals surface area contributed by atoms with Gasteiger partial charge in [0.25, 0.3) is 0 Å². The number of hydrogen-bond donors (Lipinski definition) is 1. The highest BCUT2D eigenvalue weighted by molar-refractivity contribution is 7.18. The minimum Gasteiger partial charge on any atom is -0.381 e. The van der Waals surface area contributed by atoms with Gasteiger partial charge < -0.3 is 9.64 Å². The SMILES string of the molecule is CCOCC1CCCN(C(=O)Nc2nnc(-c3ccccn3)s2)C1. The van der Waals surface area contributed by atoms with Crippen molar-refractivity contribution in [1.29, 1.82) is 0 Å². The molecule has 3 heterocycles. The number of rotatable bonds is 5. The molecule has 2 aromatic rings. The number of nitrogens with zero attached hydrogens (tertiary/aromatic N) is 4. The summed E-state index contributed by atoms with van der Waals surface area (Å²) in [6.07, 6.45) is 3.81. The molecule has 3 rings (SSSR count). The second-order valence-corrected chi connectivity index (χ2v) is 6.65. The lowest BCUT2D eigenvalue weighted by Gasteiger charge is -2.32. The fraction of sp³-hybridized carbons (Fsp3) is 0.500. The van der Waals surface area contributed by atoms with Crippen molar-refractivity contribution >= 4 is 22.5 Å². The van der Waals surface area contributed by atoms with E-state index in [4.69, 9.17) is 4.74 Å². The second-order valence-electron chi connectivity index (χ2n) is 5.67. The molecule has 0 radical (unpaired) electrons. The van der Waals surface area contributed by atoms with Crippen LogP contribution >= 0.6 is 11.3 Å². The van der Waals surface area contributed by atoms with Gasteiger partial charge in [0, 0.05) is 31.8 Å². The fourth-order valence-corrected chi connectivity index (χ4v) is 3.42. The number of carbonyl (C=O) groups is 1. The van der Waals surface area contributed by atoms with E-state index in [1.807, 2.05) is 30.0 Å². The second kappa shape index (κ2) is 8.16. The summed E-state index contributed by atoms with van der Waals surface area (Å²) >= 11 is 1.32. The number of piperidine rings is 1. The number of aromatic nitrogens is 3. The van der Waals surface area contributed by atoms with Crippen LogP contribution in [0, 0.1) is 5.92 Å². The minimum atomic E-state index is -0.125. The van der Waals surface area contributed by atoms with Crippen LogP contribution in [0.15, 0.2) is 24.4 Å². The third-order valence-corrected chi connectivity index (χ3v) is 4.75. The first-order valence-electron chi connectivity index (χ1n) is 8.15. The maximum absolute atomic E-state index is 12.4. The van der Waals surface area contributed by atoms with Gasteiger partial charge in [-0.05, 0) is 31.9 Å². The Morgan fingerprint density at radius 2 is 2.38 bits per heavy atom. The Hall–Kier alpha value is -2.06. The molecule has 1 aliphatic rings. The van der Waals surface area contributed by atoms with E-state index in [-0.39, 0.29) is 6.03 Å². The van der Waals surface area contributed by atoms with Crippen molar-refractivity contribution in [2.24, 2.45) is 5.92 Å². The largest absolute Gasteiger partial charge is 0.381 e. The van der Waals surface area contributed by atoms with Crippen LogP contribution in [0.2, 0.25) is 0 Å². The average molecular weight is 347 g/mol. The van der Waals surface area contributed by atoms with Crippen molar-refractivity contribution in [2.75, 3.05) is 31.6 Å². The monoisotopic (exact) mass is 347 g/mol. The Morgan fingerprint density at radius 1 is 1.46 bits per heavy atom. The van der Waals surface area contributed by atoms with E-state index in [1.165, 1.54) is 11.3 Å². The van der Waals surface area contributed by atoms with Gasteiger partial charge in [-0.15, -0.1) is 10.2 Å². The number of nitrogens with one attached hydrogen (secondary N) is 1. The summed E-state index contributed by atoms with van der Waals surface area (Å²) in [6.45, 7) is 4.90. The van der Waals surface area contributed by atoms with Gasteiger partial charge in [-0.2, -0.15) is 0 Å². The van der Waals surface area contributed by atoms with Crippen molar-refractivity contribution in [2.45, 2.75) is 19.8 Å². The van der Waals surface area contributed by atoms with Gasteiger partial charge in [-0.1, -0.05) is 17.4 Å². The summed E-state index contributed by atoms with van der Waals surface area (Å²) in [5, 5.41) is 12.2. The van der Waals surface area contributed by atoms with E-state index in [9.17, 15) is 4.79 Å². The van der Waals surface area contributed by atoms with Gasteiger partial charge in [0.2, 0.25) is 5.13 Å². The van der Waals surface area contributed by atoms with Gasteiger partial charge in [-0.3, -0.25) is 10.3 Å². The van der Waals surface area contributed by atoms with Crippen LogP contribution in [0.4, 0.5) is 9.93 Å². The normalized spacial score (nSPS) is 17.7. The predicted molar refractivity (Wildman–Crippen MR) is 92.9 cm³/mol. The molecule has 1 saturated heterocycles. The Morgan fingerprint density at radius 3 is 3.17 bits per heavy atom. The molecule has 1 aliphatic heterocycles. The van der Waals surface area contributed by atoms with Crippen molar-refractivity contribution in [1.82, 2.24) is 20.1 Å². The first kappa shape index (κ1) is 16.8. The Bertz CT molecular complexity index is 663. The van der Waals surface area contributed by atoms with E-state index in [1.54, 1.807) is 6.20 Å². The number of carbonyl (C=O) groups excluding carboxylic acids is 1. The topological polar surface area (TPSA) is 80.2 Å². The van der Waals surface area contributed by atoms with Gasteiger partial charge in [-0.25, -0.2) is 4.79 Å². The number of urea groups is 1. The van der Waals surface area contributed by atoms with Crippen molar-refractivity contribution in [3.05, 3.63) is 24.4 Å². The molecule has 1 unspecified atom stereocenters. The van der Waals surface area contributed by atoms with E-state index in [0.717, 1.165) is 31.6 Å². The molecular weight excluding hydrogens is 326 g/mol. The standard InChI is InChI=1S/C16H21N5O2S/c1-2-23-11-12-6-5-9-21(10-12)16(22)18-15-20-19-14(24-15)13-7-3-4-8-17-13/h3-4,7-8,12H,2,5-6,9-11H2,1H3,(H,18,20,22). The maximum atomic E-state index is 12.4. The van der Waals surface area contributed by atoms with Crippen LogP contribution in [0.3, 0.4) is 0 Å². The Kier molecular flexibility index (Phi) is 5.71. The first-order valence-corrected chi connectivity index (χ1v) is 8.96. The number of likely N-dealkylation sites (tertiary alicyclic amines) is 1. The van der Waals surface area contributed by atoms with E-state index in [0.29, 0.717) is 29.3 Å². The average Bonchev–Trinajstić information content (AvgIpc) is 3.09. The molecule has 8 heteroatoms. The summed E-state index contributed by atoms with van der Waals surface area (Å²) in [5.41, 5.74) is 0.755. The number of anilines is 1. The summed E-state index contributed by atoms with van der Waals surface area (Å²) in [6, 6.07) is 5.49. The van der Waals surface area contributed by atoms with E-state index in [2.05, 4.69) is 20.5 Å². The number of ether oxygens (including phenoxy) is 1. The van der Waals surface area contributed by atoms with E-state index < -0.39 is 0 Å². The lowest BCUT2D eigenvalue weighted by molar-refractivity contribution is 0.0777. The minimum absolute atomic E-state index is 0.125. The molecule has 0 aromatic carbocycles. The third-order valence-electron chi connectivity index (χ3n) is 3.89. The zero-order chi connectivity index (χ0) is 16.8. The molecule has 128 valence electrons. The van der Waals surface area contributed by atoms with Crippen LogP contribution in [0.1, 0.15) is 19.8 Å². The van der Waals surface area contributed by atoms with Gasteiger partial charge in [0.15, 0.2) is 5.01 Å². The molecule has 24 heavy (non-hydrogen) atoms. The van der Waals surface area contributed by atoms with Gasteiger partial charge >= 0.3 is 6.03 Å². The Labute approximate surface area is 145 Å². The van der Waals surface area contributed by atoms with Gasteiger partial charge in [0.05, 0.1) is 6.61 Å². The highest BCUT2D eigenvalue weighted by Gasteiger charge is 2.24. The predicted octanol–water partition coefficient (Wildman–Crippen LogP) is 2.88. The molecular formula is C16H21N5O2S. The lowest BCUT2D eigenvalue weighted by atomic mass is 9.99. The van der Waals surface area contributed by atoms with Crippen LogP contribution < -0.4 is 5.32 Å². The summed E-state index contributed by atoms with van der Waals surface area (Å²) in [7, 11) is 0. The van der Waals surface area contributed by atoms with Crippen LogP contribution in [-0.2, 0) is 4.74 Å². The summed E-state index contributed by atoms with van der Waals surface area (Å²) in [5.74, 6) is 0.406. The highest BCUT2D eigenvalue weighted by atomic mass is 32.1. The Balaban J connectivity index is 1.58. The molecule has 2 amide bonds. The molecule has 0 aliphatic carbocycles. The summed E-state index contributed by atoms with van der Waals surface area (Å²) < 4.78 is 5.49. The van der Waals surface area contributed by atoms with Crippen molar-refractivity contribution in [3.63, 3.8) is 0 Å².